The van der Waals surface area contributed by atoms with Gasteiger partial charge < -0.3 is 4.42 Å². The van der Waals surface area contributed by atoms with Crippen molar-refractivity contribution in [3.8, 4) is 11.5 Å². The molecule has 1 unspecified atom stereocenters. The first-order valence-electron chi connectivity index (χ1n) is 10.1. The molecule has 1 atom stereocenters. The van der Waals surface area contributed by atoms with E-state index in [0.29, 0.717) is 30.7 Å². The summed E-state index contributed by atoms with van der Waals surface area (Å²) in [4.78, 5) is 40.3. The third kappa shape index (κ3) is 6.25. The molecule has 6 heteroatoms. The molecule has 31 heavy (non-hydrogen) atoms. The van der Waals surface area contributed by atoms with Gasteiger partial charge in [-0.15, -0.1) is 0 Å². The molecule has 0 amide bonds. The number of thioether (sulfide) groups is 1. The van der Waals surface area contributed by atoms with Gasteiger partial charge in [-0.1, -0.05) is 54.2 Å². The lowest BCUT2D eigenvalue weighted by molar-refractivity contribution is -0.117. The number of rotatable bonds is 9. The van der Waals surface area contributed by atoms with Crippen LogP contribution in [-0.2, 0) is 22.4 Å². The van der Waals surface area contributed by atoms with Crippen LogP contribution in [0.5, 0.6) is 0 Å². The van der Waals surface area contributed by atoms with Crippen LogP contribution in [0.4, 0.5) is 0 Å². The van der Waals surface area contributed by atoms with Gasteiger partial charge in [0.25, 0.3) is 0 Å². The second-order valence-electron chi connectivity index (χ2n) is 7.42. The number of carbonyl (C=O) groups is 3. The Kier molecular flexibility index (Phi) is 7.58. The lowest BCUT2D eigenvalue weighted by Gasteiger charge is -2.11. The van der Waals surface area contributed by atoms with Crippen molar-refractivity contribution < 1.29 is 18.8 Å². The Morgan fingerprint density at radius 2 is 1.68 bits per heavy atom. The first-order chi connectivity index (χ1) is 14.8. The van der Waals surface area contributed by atoms with Gasteiger partial charge in [0.15, 0.2) is 10.9 Å². The summed E-state index contributed by atoms with van der Waals surface area (Å²) in [5.74, 6) is 1.28. The minimum atomic E-state index is -0.395. The van der Waals surface area contributed by atoms with E-state index in [9.17, 15) is 14.4 Å². The maximum Gasteiger partial charge on any atom is 0.226 e. The van der Waals surface area contributed by atoms with Crippen molar-refractivity contribution in [1.82, 2.24) is 4.98 Å². The van der Waals surface area contributed by atoms with Gasteiger partial charge in [0.2, 0.25) is 5.89 Å². The molecule has 0 saturated heterocycles. The smallest absolute Gasteiger partial charge is 0.226 e. The molecule has 0 bridgehead atoms. The van der Waals surface area contributed by atoms with E-state index in [1.54, 1.807) is 12.1 Å². The molecule has 0 radical (unpaired) electrons. The molecular formula is C25H25NO4S. The zero-order chi connectivity index (χ0) is 22.4. The quantitative estimate of drug-likeness (QED) is 0.428. The van der Waals surface area contributed by atoms with Crippen LogP contribution >= 0.6 is 11.8 Å². The van der Waals surface area contributed by atoms with E-state index < -0.39 is 5.25 Å². The molecule has 2 aromatic carbocycles. The van der Waals surface area contributed by atoms with Gasteiger partial charge >= 0.3 is 0 Å². The second-order valence-corrected chi connectivity index (χ2v) is 8.80. The first kappa shape index (κ1) is 22.7. The molecule has 1 heterocycles. The number of nitrogens with zero attached hydrogens (tertiary/aromatic N) is 1. The Hall–Kier alpha value is -2.99. The van der Waals surface area contributed by atoms with E-state index in [0.717, 1.165) is 34.3 Å². The third-order valence-electron chi connectivity index (χ3n) is 4.96. The van der Waals surface area contributed by atoms with Crippen molar-refractivity contribution in [1.29, 1.82) is 0 Å². The van der Waals surface area contributed by atoms with Crippen LogP contribution in [0.1, 0.15) is 47.6 Å². The number of ketones is 2. The van der Waals surface area contributed by atoms with Crippen molar-refractivity contribution in [3.63, 3.8) is 0 Å². The summed E-state index contributed by atoms with van der Waals surface area (Å²) in [5, 5.41) is -0.474. The zero-order valence-corrected chi connectivity index (χ0v) is 18.7. The Morgan fingerprint density at radius 1 is 1.00 bits per heavy atom. The number of benzene rings is 2. The summed E-state index contributed by atoms with van der Waals surface area (Å²) in [7, 11) is 0. The van der Waals surface area contributed by atoms with Gasteiger partial charge in [-0.05, 0) is 38.0 Å². The van der Waals surface area contributed by atoms with E-state index in [1.165, 1.54) is 13.8 Å². The van der Waals surface area contributed by atoms with Gasteiger partial charge in [0.05, 0.1) is 10.9 Å². The Balaban J connectivity index is 1.61. The zero-order valence-electron chi connectivity index (χ0n) is 17.9. The van der Waals surface area contributed by atoms with Gasteiger partial charge in [-0.25, -0.2) is 4.98 Å². The minimum absolute atomic E-state index is 0.0245. The Labute approximate surface area is 186 Å². The molecule has 5 nitrogen and oxygen atoms in total. The molecule has 0 spiro atoms. The molecule has 0 aliphatic rings. The molecule has 0 aliphatic carbocycles. The summed E-state index contributed by atoms with van der Waals surface area (Å²) in [6.45, 7) is 4.81. The van der Waals surface area contributed by atoms with Crippen LogP contribution in [0.25, 0.3) is 11.5 Å². The summed E-state index contributed by atoms with van der Waals surface area (Å²) >= 11 is 1.05. The topological polar surface area (TPSA) is 77.2 Å². The SMILES string of the molecule is CC(=O)SC(Cc1ccc(C(=O)CCc2nc(-c3ccccc3)oc2C)cc1)C(C)=O. The van der Waals surface area contributed by atoms with Crippen molar-refractivity contribution in [2.75, 3.05) is 0 Å². The highest BCUT2D eigenvalue weighted by Crippen LogP contribution is 2.23. The van der Waals surface area contributed by atoms with Gasteiger partial charge in [0.1, 0.15) is 11.5 Å². The highest BCUT2D eigenvalue weighted by atomic mass is 32.2. The van der Waals surface area contributed by atoms with Crippen LogP contribution < -0.4 is 0 Å². The number of aromatic nitrogens is 1. The van der Waals surface area contributed by atoms with E-state index in [-0.39, 0.29) is 16.7 Å². The molecule has 3 aromatic rings. The monoisotopic (exact) mass is 435 g/mol. The molecular weight excluding hydrogens is 410 g/mol. The van der Waals surface area contributed by atoms with Crippen molar-refractivity contribution >= 4 is 28.4 Å². The van der Waals surface area contributed by atoms with Crippen LogP contribution in [0.3, 0.4) is 0 Å². The van der Waals surface area contributed by atoms with E-state index in [4.69, 9.17) is 4.42 Å². The third-order valence-corrected chi connectivity index (χ3v) is 6.08. The van der Waals surface area contributed by atoms with Gasteiger partial charge in [-0.3, -0.25) is 14.4 Å². The number of aryl methyl sites for hydroxylation is 2. The predicted octanol–water partition coefficient (Wildman–Crippen LogP) is 5.25. The van der Waals surface area contributed by atoms with Gasteiger partial charge in [-0.2, -0.15) is 0 Å². The average molecular weight is 436 g/mol. The van der Waals surface area contributed by atoms with Crippen LogP contribution in [-0.4, -0.2) is 26.9 Å². The van der Waals surface area contributed by atoms with E-state index >= 15 is 0 Å². The number of Topliss-reactive ketones (excluding diaryl/α,β-unsaturated/α-hetero) is 2. The number of hydrogen-bond donors (Lipinski definition) is 0. The minimum Gasteiger partial charge on any atom is -0.441 e. The number of hydrogen-bond acceptors (Lipinski definition) is 6. The van der Waals surface area contributed by atoms with Gasteiger partial charge in [0, 0.05) is 30.9 Å². The average Bonchev–Trinajstić information content (AvgIpc) is 3.13. The maximum absolute atomic E-state index is 12.6. The number of oxazole rings is 1. The maximum atomic E-state index is 12.6. The Morgan fingerprint density at radius 3 is 2.29 bits per heavy atom. The molecule has 3 rings (SSSR count). The summed E-state index contributed by atoms with van der Waals surface area (Å²) in [6, 6.07) is 16.9. The highest BCUT2D eigenvalue weighted by Gasteiger charge is 2.18. The van der Waals surface area contributed by atoms with E-state index in [2.05, 4.69) is 4.98 Å². The van der Waals surface area contributed by atoms with Crippen molar-refractivity contribution in [3.05, 3.63) is 77.2 Å². The summed E-state index contributed by atoms with van der Waals surface area (Å²) in [5.41, 5.74) is 3.23. The normalized spacial score (nSPS) is 11.8. The lowest BCUT2D eigenvalue weighted by atomic mass is 10.0. The fraction of sp³-hybridized carbons (Fsp3) is 0.280. The fourth-order valence-corrected chi connectivity index (χ4v) is 4.09. The summed E-state index contributed by atoms with van der Waals surface area (Å²) in [6.07, 6.45) is 1.30. The fourth-order valence-electron chi connectivity index (χ4n) is 3.25. The van der Waals surface area contributed by atoms with Crippen LogP contribution in [0.15, 0.2) is 59.0 Å². The van der Waals surface area contributed by atoms with Crippen molar-refractivity contribution in [2.24, 2.45) is 0 Å². The van der Waals surface area contributed by atoms with E-state index in [1.807, 2.05) is 49.4 Å². The molecule has 1 aromatic heterocycles. The molecule has 0 N–H and O–H groups in total. The summed E-state index contributed by atoms with van der Waals surface area (Å²) < 4.78 is 5.76. The second kappa shape index (κ2) is 10.4. The van der Waals surface area contributed by atoms with Crippen molar-refractivity contribution in [2.45, 2.75) is 45.3 Å². The molecule has 160 valence electrons. The van der Waals surface area contributed by atoms with Crippen LogP contribution in [0.2, 0.25) is 0 Å². The van der Waals surface area contributed by atoms with Crippen LogP contribution in [0, 0.1) is 6.92 Å². The standard InChI is InChI=1S/C25H25NO4S/c1-16(27)24(31-18(3)28)15-19-9-11-20(12-10-19)23(29)14-13-22-17(2)30-25(26-22)21-7-5-4-6-8-21/h4-12,24H,13-15H2,1-3H3. The molecule has 0 saturated carbocycles. The molecule has 0 aliphatic heterocycles. The Bertz CT molecular complexity index is 1070. The molecule has 0 fully saturated rings. The highest BCUT2D eigenvalue weighted by molar-refractivity contribution is 8.14. The lowest BCUT2D eigenvalue weighted by Crippen LogP contribution is -2.18. The predicted molar refractivity (Wildman–Crippen MR) is 122 cm³/mol. The number of carbonyl (C=O) groups excluding carboxylic acids is 3. The largest absolute Gasteiger partial charge is 0.441 e. The first-order valence-corrected chi connectivity index (χ1v) is 11.0.